The van der Waals surface area contributed by atoms with Gasteiger partial charge in [-0.1, -0.05) is 26.2 Å². The monoisotopic (exact) mass is 274 g/mol. The van der Waals surface area contributed by atoms with Crippen molar-refractivity contribution in [3.63, 3.8) is 0 Å². The van der Waals surface area contributed by atoms with Gasteiger partial charge in [-0.3, -0.25) is 4.79 Å². The van der Waals surface area contributed by atoms with Crippen LogP contribution in [0.5, 0.6) is 5.75 Å². The topological polar surface area (TPSA) is 62.1 Å². The van der Waals surface area contributed by atoms with Crippen molar-refractivity contribution in [3.05, 3.63) is 29.8 Å². The summed E-state index contributed by atoms with van der Waals surface area (Å²) < 4.78 is 5.37. The van der Waals surface area contributed by atoms with E-state index in [1.54, 1.807) is 24.3 Å². The molecule has 0 saturated carbocycles. The van der Waals surface area contributed by atoms with E-state index in [-0.39, 0.29) is 18.6 Å². The molecule has 0 heterocycles. The SMILES string of the molecule is CCCCC[C@@H](C)NC(=O)COc1ccc(C#N)cc1. The fourth-order valence-corrected chi connectivity index (χ4v) is 1.86. The largest absolute Gasteiger partial charge is 0.484 e. The minimum Gasteiger partial charge on any atom is -0.484 e. The molecule has 4 heteroatoms. The van der Waals surface area contributed by atoms with E-state index in [9.17, 15) is 4.79 Å². The maximum atomic E-state index is 11.7. The molecule has 108 valence electrons. The molecule has 1 aromatic rings. The highest BCUT2D eigenvalue weighted by Gasteiger charge is 2.07. The summed E-state index contributed by atoms with van der Waals surface area (Å²) >= 11 is 0. The standard InChI is InChI=1S/C16H22N2O2/c1-3-4-5-6-13(2)18-16(19)12-20-15-9-7-14(11-17)8-10-15/h7-10,13H,3-6,12H2,1-2H3,(H,18,19)/t13-/m1/s1. The smallest absolute Gasteiger partial charge is 0.258 e. The lowest BCUT2D eigenvalue weighted by molar-refractivity contribution is -0.123. The highest BCUT2D eigenvalue weighted by molar-refractivity contribution is 5.77. The van der Waals surface area contributed by atoms with E-state index < -0.39 is 0 Å². The zero-order valence-corrected chi connectivity index (χ0v) is 12.2. The van der Waals surface area contributed by atoms with Crippen molar-refractivity contribution in [2.24, 2.45) is 0 Å². The van der Waals surface area contributed by atoms with Crippen molar-refractivity contribution in [3.8, 4) is 11.8 Å². The summed E-state index contributed by atoms with van der Waals surface area (Å²) in [6, 6.07) is 8.93. The summed E-state index contributed by atoms with van der Waals surface area (Å²) in [5, 5.41) is 11.6. The molecule has 0 aliphatic carbocycles. The van der Waals surface area contributed by atoms with Gasteiger partial charge in [-0.25, -0.2) is 0 Å². The Morgan fingerprint density at radius 2 is 2.05 bits per heavy atom. The molecule has 0 spiro atoms. The Bertz CT molecular complexity index is 449. The number of nitrogens with zero attached hydrogens (tertiary/aromatic N) is 1. The molecular formula is C16H22N2O2. The van der Waals surface area contributed by atoms with Crippen LogP contribution in [0.1, 0.15) is 45.1 Å². The summed E-state index contributed by atoms with van der Waals surface area (Å²) in [6.45, 7) is 4.17. The molecule has 0 saturated heterocycles. The van der Waals surface area contributed by atoms with E-state index in [4.69, 9.17) is 10.00 Å². The minimum absolute atomic E-state index is 0.00399. The lowest BCUT2D eigenvalue weighted by atomic mass is 10.1. The summed E-state index contributed by atoms with van der Waals surface area (Å²) in [5.74, 6) is 0.483. The van der Waals surface area contributed by atoms with Crippen LogP contribution in [0.2, 0.25) is 0 Å². The van der Waals surface area contributed by atoms with Crippen LogP contribution in [0.25, 0.3) is 0 Å². The molecule has 0 bridgehead atoms. The second-order valence-corrected chi connectivity index (χ2v) is 4.89. The molecule has 0 radical (unpaired) electrons. The fourth-order valence-electron chi connectivity index (χ4n) is 1.86. The molecule has 0 fully saturated rings. The molecule has 1 rings (SSSR count). The van der Waals surface area contributed by atoms with Crippen LogP contribution < -0.4 is 10.1 Å². The number of carbonyl (C=O) groups excluding carboxylic acids is 1. The third-order valence-electron chi connectivity index (χ3n) is 3.00. The van der Waals surface area contributed by atoms with Crippen molar-refractivity contribution in [1.29, 1.82) is 5.26 Å². The Kier molecular flexibility index (Phi) is 7.20. The minimum atomic E-state index is -0.113. The molecule has 0 aliphatic rings. The maximum Gasteiger partial charge on any atom is 0.258 e. The molecule has 0 aromatic heterocycles. The average molecular weight is 274 g/mol. The van der Waals surface area contributed by atoms with Crippen LogP contribution >= 0.6 is 0 Å². The number of carbonyl (C=O) groups is 1. The first-order chi connectivity index (χ1) is 9.65. The highest BCUT2D eigenvalue weighted by Crippen LogP contribution is 2.11. The first-order valence-electron chi connectivity index (χ1n) is 7.08. The van der Waals surface area contributed by atoms with E-state index in [1.807, 2.05) is 13.0 Å². The number of hydrogen-bond acceptors (Lipinski definition) is 3. The van der Waals surface area contributed by atoms with Gasteiger partial charge in [0, 0.05) is 6.04 Å². The molecular weight excluding hydrogens is 252 g/mol. The Hall–Kier alpha value is -2.02. The Morgan fingerprint density at radius 3 is 2.65 bits per heavy atom. The second-order valence-electron chi connectivity index (χ2n) is 4.89. The molecule has 1 atom stereocenters. The molecule has 0 unspecified atom stereocenters. The third kappa shape index (κ3) is 6.24. The van der Waals surface area contributed by atoms with E-state index in [0.29, 0.717) is 11.3 Å². The first kappa shape index (κ1) is 16.0. The summed E-state index contributed by atoms with van der Waals surface area (Å²) in [5.41, 5.74) is 0.575. The lowest BCUT2D eigenvalue weighted by Crippen LogP contribution is -2.36. The Labute approximate surface area is 120 Å². The Balaban J connectivity index is 2.26. The first-order valence-corrected chi connectivity index (χ1v) is 7.08. The van der Waals surface area contributed by atoms with Crippen molar-refractivity contribution in [1.82, 2.24) is 5.32 Å². The number of amides is 1. The molecule has 4 nitrogen and oxygen atoms in total. The van der Waals surface area contributed by atoms with Gasteiger partial charge >= 0.3 is 0 Å². The van der Waals surface area contributed by atoms with Crippen molar-refractivity contribution in [2.75, 3.05) is 6.61 Å². The van der Waals surface area contributed by atoms with E-state index in [0.717, 1.165) is 12.8 Å². The van der Waals surface area contributed by atoms with Crippen LogP contribution in [0.15, 0.2) is 24.3 Å². The van der Waals surface area contributed by atoms with Gasteiger partial charge in [0.15, 0.2) is 6.61 Å². The summed E-state index contributed by atoms with van der Waals surface area (Å²) in [4.78, 5) is 11.7. The number of unbranched alkanes of at least 4 members (excludes halogenated alkanes) is 2. The van der Waals surface area contributed by atoms with Crippen molar-refractivity contribution >= 4 is 5.91 Å². The fraction of sp³-hybridized carbons (Fsp3) is 0.500. The predicted octanol–water partition coefficient (Wildman–Crippen LogP) is 3.02. The molecule has 1 N–H and O–H groups in total. The van der Waals surface area contributed by atoms with Gasteiger partial charge in [-0.2, -0.15) is 5.26 Å². The normalized spacial score (nSPS) is 11.4. The molecule has 1 amide bonds. The van der Waals surface area contributed by atoms with E-state index in [1.165, 1.54) is 12.8 Å². The van der Waals surface area contributed by atoms with Gasteiger partial charge in [-0.05, 0) is 37.6 Å². The number of hydrogen-bond donors (Lipinski definition) is 1. The zero-order chi connectivity index (χ0) is 14.8. The van der Waals surface area contributed by atoms with Crippen LogP contribution in [0, 0.1) is 11.3 Å². The van der Waals surface area contributed by atoms with Gasteiger partial charge in [-0.15, -0.1) is 0 Å². The zero-order valence-electron chi connectivity index (χ0n) is 12.2. The molecule has 0 aliphatic heterocycles. The van der Waals surface area contributed by atoms with Gasteiger partial charge in [0.2, 0.25) is 0 Å². The van der Waals surface area contributed by atoms with Crippen molar-refractivity contribution < 1.29 is 9.53 Å². The predicted molar refractivity (Wildman–Crippen MR) is 78.4 cm³/mol. The maximum absolute atomic E-state index is 11.7. The Morgan fingerprint density at radius 1 is 1.35 bits per heavy atom. The third-order valence-corrected chi connectivity index (χ3v) is 3.00. The van der Waals surface area contributed by atoms with Crippen LogP contribution in [0.3, 0.4) is 0 Å². The van der Waals surface area contributed by atoms with Gasteiger partial charge in [0.05, 0.1) is 11.6 Å². The molecule has 1 aromatic carbocycles. The number of nitrogens with one attached hydrogen (secondary N) is 1. The lowest BCUT2D eigenvalue weighted by Gasteiger charge is -2.14. The van der Waals surface area contributed by atoms with Crippen LogP contribution in [0.4, 0.5) is 0 Å². The highest BCUT2D eigenvalue weighted by atomic mass is 16.5. The van der Waals surface area contributed by atoms with Gasteiger partial charge in [0.1, 0.15) is 5.75 Å². The average Bonchev–Trinajstić information content (AvgIpc) is 2.46. The summed E-state index contributed by atoms with van der Waals surface area (Å²) in [7, 11) is 0. The number of benzene rings is 1. The van der Waals surface area contributed by atoms with E-state index in [2.05, 4.69) is 12.2 Å². The van der Waals surface area contributed by atoms with Crippen LogP contribution in [-0.4, -0.2) is 18.6 Å². The van der Waals surface area contributed by atoms with Gasteiger partial charge < -0.3 is 10.1 Å². The molecule has 20 heavy (non-hydrogen) atoms. The van der Waals surface area contributed by atoms with Gasteiger partial charge in [0.25, 0.3) is 5.91 Å². The summed E-state index contributed by atoms with van der Waals surface area (Å²) in [6.07, 6.45) is 4.51. The number of rotatable bonds is 8. The number of ether oxygens (including phenoxy) is 1. The van der Waals surface area contributed by atoms with Crippen molar-refractivity contribution in [2.45, 2.75) is 45.6 Å². The second kappa shape index (κ2) is 8.98. The quantitative estimate of drug-likeness (QED) is 0.741. The van der Waals surface area contributed by atoms with E-state index >= 15 is 0 Å². The number of nitriles is 1. The van der Waals surface area contributed by atoms with Crippen LogP contribution in [-0.2, 0) is 4.79 Å².